The SMILES string of the molecule is CCOC(=O)c1ccc(-n2c(C)cc(/C=N\NC(=O)c3ccccc3Cl)c2C)cc1. The molecule has 0 atom stereocenters. The van der Waals surface area contributed by atoms with Crippen molar-refractivity contribution < 1.29 is 14.3 Å². The monoisotopic (exact) mass is 423 g/mol. The molecule has 30 heavy (non-hydrogen) atoms. The lowest BCUT2D eigenvalue weighted by Crippen LogP contribution is -2.18. The molecule has 1 amide bonds. The Kier molecular flexibility index (Phi) is 6.69. The molecule has 0 spiro atoms. The van der Waals surface area contributed by atoms with Crippen molar-refractivity contribution in [3.05, 3.63) is 87.7 Å². The summed E-state index contributed by atoms with van der Waals surface area (Å²) in [5, 5.41) is 4.44. The number of rotatable bonds is 6. The molecular formula is C23H22ClN3O3. The normalized spacial score (nSPS) is 10.9. The first kappa shape index (κ1) is 21.3. The van der Waals surface area contributed by atoms with Gasteiger partial charge >= 0.3 is 5.97 Å². The van der Waals surface area contributed by atoms with Crippen molar-refractivity contribution in [2.75, 3.05) is 6.61 Å². The number of amides is 1. The highest BCUT2D eigenvalue weighted by molar-refractivity contribution is 6.33. The van der Waals surface area contributed by atoms with Crippen molar-refractivity contribution in [3.8, 4) is 5.69 Å². The second kappa shape index (κ2) is 9.41. The number of hydrogen-bond acceptors (Lipinski definition) is 4. The number of hydrazone groups is 1. The van der Waals surface area contributed by atoms with Crippen molar-refractivity contribution in [2.24, 2.45) is 5.10 Å². The summed E-state index contributed by atoms with van der Waals surface area (Å²) in [4.78, 5) is 24.1. The maximum absolute atomic E-state index is 12.2. The highest BCUT2D eigenvalue weighted by Crippen LogP contribution is 2.20. The zero-order valence-corrected chi connectivity index (χ0v) is 17.7. The predicted octanol–water partition coefficient (Wildman–Crippen LogP) is 4.69. The lowest BCUT2D eigenvalue weighted by molar-refractivity contribution is 0.0526. The Balaban J connectivity index is 1.77. The van der Waals surface area contributed by atoms with Crippen LogP contribution in [0.3, 0.4) is 0 Å². The second-order valence-corrected chi connectivity index (χ2v) is 7.02. The van der Waals surface area contributed by atoms with Gasteiger partial charge in [-0.05, 0) is 63.2 Å². The summed E-state index contributed by atoms with van der Waals surface area (Å²) in [7, 11) is 0. The minimum atomic E-state index is -0.375. The molecule has 0 unspecified atom stereocenters. The summed E-state index contributed by atoms with van der Waals surface area (Å²) < 4.78 is 7.07. The van der Waals surface area contributed by atoms with Crippen molar-refractivity contribution >= 4 is 29.7 Å². The molecule has 0 fully saturated rings. The van der Waals surface area contributed by atoms with E-state index in [-0.39, 0.29) is 11.9 Å². The molecule has 1 aromatic heterocycles. The van der Waals surface area contributed by atoms with Crippen LogP contribution in [0.5, 0.6) is 0 Å². The molecule has 6 nitrogen and oxygen atoms in total. The van der Waals surface area contributed by atoms with Gasteiger partial charge in [-0.15, -0.1) is 0 Å². The molecule has 7 heteroatoms. The second-order valence-electron chi connectivity index (χ2n) is 6.61. The zero-order valence-electron chi connectivity index (χ0n) is 17.0. The number of nitrogens with one attached hydrogen (secondary N) is 1. The van der Waals surface area contributed by atoms with E-state index in [4.69, 9.17) is 16.3 Å². The van der Waals surface area contributed by atoms with Crippen LogP contribution in [0.2, 0.25) is 5.02 Å². The molecule has 0 radical (unpaired) electrons. The summed E-state index contributed by atoms with van der Waals surface area (Å²) in [6.45, 7) is 6.06. The van der Waals surface area contributed by atoms with Gasteiger partial charge in [0.2, 0.25) is 0 Å². The summed E-state index contributed by atoms with van der Waals surface area (Å²) >= 11 is 6.04. The molecule has 2 aromatic carbocycles. The summed E-state index contributed by atoms with van der Waals surface area (Å²) in [5.41, 5.74) is 7.10. The molecule has 0 aliphatic heterocycles. The number of hydrogen-bond donors (Lipinski definition) is 1. The maximum Gasteiger partial charge on any atom is 0.338 e. The van der Waals surface area contributed by atoms with E-state index in [0.29, 0.717) is 22.8 Å². The first-order chi connectivity index (χ1) is 14.4. The van der Waals surface area contributed by atoms with Gasteiger partial charge in [-0.25, -0.2) is 10.2 Å². The molecule has 1 N–H and O–H groups in total. The van der Waals surface area contributed by atoms with Crippen LogP contribution < -0.4 is 5.43 Å². The number of aromatic nitrogens is 1. The number of nitrogens with zero attached hydrogens (tertiary/aromatic N) is 2. The first-order valence-electron chi connectivity index (χ1n) is 9.46. The van der Waals surface area contributed by atoms with E-state index >= 15 is 0 Å². The Morgan fingerprint density at radius 3 is 2.50 bits per heavy atom. The van der Waals surface area contributed by atoms with Gasteiger partial charge < -0.3 is 9.30 Å². The van der Waals surface area contributed by atoms with Gasteiger partial charge in [-0.2, -0.15) is 5.10 Å². The van der Waals surface area contributed by atoms with E-state index < -0.39 is 0 Å². The minimum absolute atomic E-state index is 0.339. The number of esters is 1. The number of carbonyl (C=O) groups is 2. The van der Waals surface area contributed by atoms with Crippen LogP contribution in [0.4, 0.5) is 0 Å². The quantitative estimate of drug-likeness (QED) is 0.355. The van der Waals surface area contributed by atoms with E-state index in [9.17, 15) is 9.59 Å². The van der Waals surface area contributed by atoms with Gasteiger partial charge in [0, 0.05) is 22.6 Å². The van der Waals surface area contributed by atoms with Crippen LogP contribution in [-0.2, 0) is 4.74 Å². The molecule has 0 aliphatic carbocycles. The summed E-state index contributed by atoms with van der Waals surface area (Å²) in [5.74, 6) is -0.715. The van der Waals surface area contributed by atoms with Crippen LogP contribution in [0.25, 0.3) is 5.69 Å². The fraction of sp³-hybridized carbons (Fsp3) is 0.174. The molecule has 0 saturated carbocycles. The Morgan fingerprint density at radius 2 is 1.83 bits per heavy atom. The topological polar surface area (TPSA) is 72.7 Å². The third-order valence-corrected chi connectivity index (χ3v) is 4.92. The van der Waals surface area contributed by atoms with Crippen LogP contribution in [0.1, 0.15) is 44.6 Å². The van der Waals surface area contributed by atoms with Crippen molar-refractivity contribution in [1.82, 2.24) is 9.99 Å². The number of aryl methyl sites for hydroxylation is 1. The fourth-order valence-electron chi connectivity index (χ4n) is 3.14. The average Bonchev–Trinajstić information content (AvgIpc) is 3.01. The molecule has 3 rings (SSSR count). The van der Waals surface area contributed by atoms with E-state index in [1.54, 1.807) is 49.5 Å². The first-order valence-corrected chi connectivity index (χ1v) is 9.84. The number of halogens is 1. The third-order valence-electron chi connectivity index (χ3n) is 4.60. The largest absolute Gasteiger partial charge is 0.462 e. The molecule has 0 saturated heterocycles. The van der Waals surface area contributed by atoms with E-state index in [0.717, 1.165) is 22.6 Å². The van der Waals surface area contributed by atoms with Gasteiger partial charge in [0.15, 0.2) is 0 Å². The Labute approximate surface area is 180 Å². The zero-order chi connectivity index (χ0) is 21.7. The molecule has 3 aromatic rings. The lowest BCUT2D eigenvalue weighted by atomic mass is 10.2. The maximum atomic E-state index is 12.2. The van der Waals surface area contributed by atoms with Gasteiger partial charge in [0.25, 0.3) is 5.91 Å². The molecule has 0 aliphatic rings. The molecular weight excluding hydrogens is 402 g/mol. The minimum Gasteiger partial charge on any atom is -0.462 e. The standard InChI is InChI=1S/C23H22ClN3O3/c1-4-30-23(29)17-9-11-19(12-10-17)27-15(2)13-18(16(27)3)14-25-26-22(28)20-7-5-6-8-21(20)24/h5-14H,4H2,1-3H3,(H,26,28)/b25-14-. The Bertz CT molecular complexity index is 1100. The molecule has 0 bridgehead atoms. The van der Waals surface area contributed by atoms with E-state index in [1.807, 2.05) is 36.6 Å². The summed E-state index contributed by atoms with van der Waals surface area (Å²) in [6.07, 6.45) is 1.60. The Morgan fingerprint density at radius 1 is 1.13 bits per heavy atom. The highest BCUT2D eigenvalue weighted by Gasteiger charge is 2.12. The van der Waals surface area contributed by atoms with Crippen molar-refractivity contribution in [1.29, 1.82) is 0 Å². The van der Waals surface area contributed by atoms with Crippen LogP contribution in [0, 0.1) is 13.8 Å². The van der Waals surface area contributed by atoms with E-state index in [2.05, 4.69) is 10.5 Å². The van der Waals surface area contributed by atoms with Gasteiger partial charge in [-0.1, -0.05) is 23.7 Å². The number of benzene rings is 2. The smallest absolute Gasteiger partial charge is 0.338 e. The highest BCUT2D eigenvalue weighted by atomic mass is 35.5. The van der Waals surface area contributed by atoms with Gasteiger partial charge in [0.1, 0.15) is 0 Å². The van der Waals surface area contributed by atoms with Crippen LogP contribution in [-0.4, -0.2) is 29.3 Å². The fourth-order valence-corrected chi connectivity index (χ4v) is 3.36. The third kappa shape index (κ3) is 4.60. The summed E-state index contributed by atoms with van der Waals surface area (Å²) in [6, 6.07) is 16.0. The predicted molar refractivity (Wildman–Crippen MR) is 118 cm³/mol. The Hall–Kier alpha value is -3.38. The number of carbonyl (C=O) groups excluding carboxylic acids is 2. The van der Waals surface area contributed by atoms with Crippen molar-refractivity contribution in [3.63, 3.8) is 0 Å². The van der Waals surface area contributed by atoms with E-state index in [1.165, 1.54) is 0 Å². The average molecular weight is 424 g/mol. The van der Waals surface area contributed by atoms with Crippen molar-refractivity contribution in [2.45, 2.75) is 20.8 Å². The number of ether oxygens (including phenoxy) is 1. The lowest BCUT2D eigenvalue weighted by Gasteiger charge is -2.10. The van der Waals surface area contributed by atoms with Crippen LogP contribution >= 0.6 is 11.6 Å². The van der Waals surface area contributed by atoms with Gasteiger partial charge in [-0.3, -0.25) is 4.79 Å². The van der Waals surface area contributed by atoms with Gasteiger partial charge in [0.05, 0.1) is 29.0 Å². The van der Waals surface area contributed by atoms with Crippen LogP contribution in [0.15, 0.2) is 59.7 Å². The molecule has 154 valence electrons. The molecule has 1 heterocycles.